The zero-order chi connectivity index (χ0) is 31.1. The average molecular weight is 600 g/mol. The molecule has 0 bridgehead atoms. The molecule has 0 atom stereocenters. The minimum atomic E-state index is -0.147. The lowest BCUT2D eigenvalue weighted by Gasteiger charge is -2.18. The lowest BCUT2D eigenvalue weighted by atomic mass is 9.83. The number of hydrogen-bond acceptors (Lipinski definition) is 5. The van der Waals surface area contributed by atoms with E-state index in [0.29, 0.717) is 27.8 Å². The van der Waals surface area contributed by atoms with Gasteiger partial charge in [0.2, 0.25) is 0 Å². The molecular formula is C40H25NO5. The second-order valence-electron chi connectivity index (χ2n) is 11.5. The third kappa shape index (κ3) is 3.58. The van der Waals surface area contributed by atoms with Gasteiger partial charge in [-0.3, -0.25) is 9.59 Å². The van der Waals surface area contributed by atoms with E-state index in [0.717, 1.165) is 66.5 Å². The quantitative estimate of drug-likeness (QED) is 0.202. The number of fused-ring (bicyclic) bond motifs is 8. The van der Waals surface area contributed by atoms with Gasteiger partial charge in [0.05, 0.1) is 30.9 Å². The molecule has 1 aliphatic rings. The molecule has 0 saturated carbocycles. The van der Waals surface area contributed by atoms with E-state index >= 15 is 0 Å². The van der Waals surface area contributed by atoms with Crippen LogP contribution in [0.25, 0.3) is 60.6 Å². The van der Waals surface area contributed by atoms with Crippen LogP contribution in [0.1, 0.15) is 31.8 Å². The molecule has 9 rings (SSSR count). The van der Waals surface area contributed by atoms with Crippen molar-refractivity contribution in [2.75, 3.05) is 14.2 Å². The van der Waals surface area contributed by atoms with E-state index in [1.165, 1.54) is 0 Å². The highest BCUT2D eigenvalue weighted by Gasteiger charge is 2.30. The summed E-state index contributed by atoms with van der Waals surface area (Å²) in [6, 6.07) is 36.9. The highest BCUT2D eigenvalue weighted by atomic mass is 16.5. The van der Waals surface area contributed by atoms with Gasteiger partial charge in [0.1, 0.15) is 17.1 Å². The van der Waals surface area contributed by atoms with Crippen molar-refractivity contribution < 1.29 is 23.5 Å². The van der Waals surface area contributed by atoms with Crippen LogP contribution < -0.4 is 9.47 Å². The van der Waals surface area contributed by atoms with Crippen LogP contribution >= 0.6 is 0 Å². The summed E-state index contributed by atoms with van der Waals surface area (Å²) < 4.78 is 20.2. The molecule has 220 valence electrons. The van der Waals surface area contributed by atoms with Gasteiger partial charge < -0.3 is 18.5 Å². The van der Waals surface area contributed by atoms with Gasteiger partial charge in [0.25, 0.3) is 0 Å². The SMILES string of the molecule is COc1ccc2c(c1)c1cc(OC)ccc1n2-c1cccc2c1oc1c(-c3ccc4c(c3)C(=O)c3ccccc3C4=O)cccc12. The molecule has 0 fully saturated rings. The molecule has 6 heteroatoms. The van der Waals surface area contributed by atoms with E-state index in [4.69, 9.17) is 13.9 Å². The summed E-state index contributed by atoms with van der Waals surface area (Å²) in [6.45, 7) is 0. The van der Waals surface area contributed by atoms with Crippen LogP contribution in [0.3, 0.4) is 0 Å². The molecule has 0 spiro atoms. The number of nitrogens with zero attached hydrogens (tertiary/aromatic N) is 1. The Bertz CT molecular complexity index is 2540. The van der Waals surface area contributed by atoms with Gasteiger partial charge in [-0.1, -0.05) is 60.7 Å². The zero-order valence-corrected chi connectivity index (χ0v) is 25.0. The van der Waals surface area contributed by atoms with Crippen LogP contribution in [0.4, 0.5) is 0 Å². The molecule has 6 aromatic carbocycles. The topological polar surface area (TPSA) is 70.7 Å². The maximum absolute atomic E-state index is 13.5. The minimum absolute atomic E-state index is 0.134. The van der Waals surface area contributed by atoms with Gasteiger partial charge in [-0.05, 0) is 60.2 Å². The number of methoxy groups -OCH3 is 2. The normalized spacial score (nSPS) is 12.7. The molecule has 1 aliphatic carbocycles. The Kier molecular flexibility index (Phi) is 5.53. The molecule has 2 heterocycles. The molecule has 6 nitrogen and oxygen atoms in total. The lowest BCUT2D eigenvalue weighted by Crippen LogP contribution is -2.20. The van der Waals surface area contributed by atoms with Crippen molar-refractivity contribution >= 4 is 55.3 Å². The third-order valence-corrected chi connectivity index (χ3v) is 9.16. The van der Waals surface area contributed by atoms with Gasteiger partial charge in [-0.2, -0.15) is 0 Å². The molecule has 46 heavy (non-hydrogen) atoms. The van der Waals surface area contributed by atoms with Crippen molar-refractivity contribution in [3.05, 3.63) is 138 Å². The summed E-state index contributed by atoms with van der Waals surface area (Å²) in [5.41, 5.74) is 7.74. The summed E-state index contributed by atoms with van der Waals surface area (Å²) in [7, 11) is 3.34. The van der Waals surface area contributed by atoms with Crippen molar-refractivity contribution in [1.82, 2.24) is 4.57 Å². The predicted octanol–water partition coefficient (Wildman–Crippen LogP) is 9.14. The number of aromatic nitrogens is 1. The van der Waals surface area contributed by atoms with Gasteiger partial charge in [0.15, 0.2) is 17.1 Å². The van der Waals surface area contributed by atoms with Crippen LogP contribution in [-0.4, -0.2) is 30.4 Å². The van der Waals surface area contributed by atoms with Crippen LogP contribution in [0.5, 0.6) is 11.5 Å². The number of furan rings is 1. The lowest BCUT2D eigenvalue weighted by molar-refractivity contribution is 0.0979. The number of ketones is 2. The Hall–Kier alpha value is -6.14. The Morgan fingerprint density at radius 3 is 1.72 bits per heavy atom. The number of ether oxygens (including phenoxy) is 2. The van der Waals surface area contributed by atoms with Crippen molar-refractivity contribution in [1.29, 1.82) is 0 Å². The minimum Gasteiger partial charge on any atom is -0.497 e. The van der Waals surface area contributed by atoms with E-state index < -0.39 is 0 Å². The summed E-state index contributed by atoms with van der Waals surface area (Å²) in [6.07, 6.45) is 0. The number of carbonyl (C=O) groups excluding carboxylic acids is 2. The Morgan fingerprint density at radius 2 is 1.07 bits per heavy atom. The predicted molar refractivity (Wildman–Crippen MR) is 180 cm³/mol. The first-order valence-electron chi connectivity index (χ1n) is 15.0. The maximum Gasteiger partial charge on any atom is 0.194 e. The van der Waals surface area contributed by atoms with Crippen molar-refractivity contribution in [2.45, 2.75) is 0 Å². The Labute approximate surface area is 263 Å². The fraction of sp³-hybridized carbons (Fsp3) is 0.0500. The maximum atomic E-state index is 13.5. The Balaban J connectivity index is 1.27. The smallest absolute Gasteiger partial charge is 0.194 e. The van der Waals surface area contributed by atoms with E-state index in [1.807, 2.05) is 54.6 Å². The fourth-order valence-electron chi connectivity index (χ4n) is 6.97. The van der Waals surface area contributed by atoms with Gasteiger partial charge in [-0.15, -0.1) is 0 Å². The molecule has 0 radical (unpaired) electrons. The largest absolute Gasteiger partial charge is 0.497 e. The molecule has 0 unspecified atom stereocenters. The molecule has 0 N–H and O–H groups in total. The standard InChI is InChI=1S/C40H25NO5/c1-44-23-14-17-34-31(20-23)32-21-24(45-2)15-18-35(32)41(34)36-12-6-11-30-29-10-5-9-25(39(29)46-40(30)36)22-13-16-28-33(19-22)38(43)27-8-4-3-7-26(27)37(28)42/h3-21H,1-2H3. The molecule has 0 aliphatic heterocycles. The summed E-state index contributed by atoms with van der Waals surface area (Å²) in [5.74, 6) is 1.26. The molecule has 8 aromatic rings. The summed E-state index contributed by atoms with van der Waals surface area (Å²) >= 11 is 0. The van der Waals surface area contributed by atoms with Crippen LogP contribution in [0, 0.1) is 0 Å². The van der Waals surface area contributed by atoms with Gasteiger partial charge in [0, 0.05) is 49.4 Å². The first kappa shape index (κ1) is 26.3. The highest BCUT2D eigenvalue weighted by Crippen LogP contribution is 2.42. The number of rotatable bonds is 4. The van der Waals surface area contributed by atoms with E-state index in [-0.39, 0.29) is 11.6 Å². The number of carbonyl (C=O) groups is 2. The van der Waals surface area contributed by atoms with E-state index in [1.54, 1.807) is 44.6 Å². The van der Waals surface area contributed by atoms with Gasteiger partial charge in [-0.25, -0.2) is 0 Å². The van der Waals surface area contributed by atoms with E-state index in [9.17, 15) is 9.59 Å². The number of hydrogen-bond donors (Lipinski definition) is 0. The number of benzene rings is 6. The van der Waals surface area contributed by atoms with Crippen LogP contribution in [0.15, 0.2) is 120 Å². The monoisotopic (exact) mass is 599 g/mol. The third-order valence-electron chi connectivity index (χ3n) is 9.16. The molecule has 2 aromatic heterocycles. The zero-order valence-electron chi connectivity index (χ0n) is 25.0. The first-order valence-corrected chi connectivity index (χ1v) is 15.0. The second kappa shape index (κ2) is 9.68. The molecule has 0 saturated heterocycles. The summed E-state index contributed by atoms with van der Waals surface area (Å²) in [4.78, 5) is 26.8. The highest BCUT2D eigenvalue weighted by molar-refractivity contribution is 6.28. The fourth-order valence-corrected chi connectivity index (χ4v) is 6.97. The van der Waals surface area contributed by atoms with Crippen molar-refractivity contribution in [3.63, 3.8) is 0 Å². The second-order valence-corrected chi connectivity index (χ2v) is 11.5. The first-order chi connectivity index (χ1) is 22.6. The van der Waals surface area contributed by atoms with Crippen LogP contribution in [0.2, 0.25) is 0 Å². The molecule has 0 amide bonds. The molecular weight excluding hydrogens is 574 g/mol. The van der Waals surface area contributed by atoms with Crippen molar-refractivity contribution in [3.8, 4) is 28.3 Å². The van der Waals surface area contributed by atoms with Gasteiger partial charge >= 0.3 is 0 Å². The van der Waals surface area contributed by atoms with Crippen molar-refractivity contribution in [2.24, 2.45) is 0 Å². The summed E-state index contributed by atoms with van der Waals surface area (Å²) in [5, 5.41) is 4.02. The average Bonchev–Trinajstić information content (AvgIpc) is 3.65. The van der Waals surface area contributed by atoms with E-state index in [2.05, 4.69) is 34.9 Å². The number of para-hydroxylation sites is 2. The van der Waals surface area contributed by atoms with Crippen LogP contribution in [-0.2, 0) is 0 Å². The Morgan fingerprint density at radius 1 is 0.500 bits per heavy atom.